The molecule has 1 aliphatic rings. The predicted octanol–water partition coefficient (Wildman–Crippen LogP) is 4.60. The third kappa shape index (κ3) is 5.04. The summed E-state index contributed by atoms with van der Waals surface area (Å²) in [5.41, 5.74) is 3.49. The largest absolute Gasteiger partial charge is 0.383 e. The van der Waals surface area contributed by atoms with E-state index >= 15 is 0 Å². The molecule has 1 N–H and O–H groups in total. The van der Waals surface area contributed by atoms with Crippen LogP contribution in [0.5, 0.6) is 0 Å². The zero-order valence-electron chi connectivity index (χ0n) is 19.2. The molecular weight excluding hydrogens is 472 g/mol. The van der Waals surface area contributed by atoms with Gasteiger partial charge in [-0.2, -0.15) is 0 Å². The fourth-order valence-electron chi connectivity index (χ4n) is 3.74. The Bertz CT molecular complexity index is 1300. The lowest BCUT2D eigenvalue weighted by molar-refractivity contribution is -0.122. The summed E-state index contributed by atoms with van der Waals surface area (Å²) in [7, 11) is 3.31. The zero-order chi connectivity index (χ0) is 24.2. The van der Waals surface area contributed by atoms with E-state index in [-0.39, 0.29) is 18.4 Å². The van der Waals surface area contributed by atoms with Crippen molar-refractivity contribution in [2.45, 2.75) is 13.5 Å². The normalized spacial score (nSPS) is 16.2. The molecule has 4 rings (SSSR count). The lowest BCUT2D eigenvalue weighted by Crippen LogP contribution is -2.30. The van der Waals surface area contributed by atoms with Crippen LogP contribution >= 0.6 is 23.4 Å². The molecule has 0 atom stereocenters. The number of nitrogens with zero attached hydrogens (tertiary/aromatic N) is 3. The number of hydrogen-bond acceptors (Lipinski definition) is 5. The van der Waals surface area contributed by atoms with Crippen molar-refractivity contribution in [3.05, 3.63) is 69.7 Å². The Morgan fingerprint density at radius 1 is 1.21 bits per heavy atom. The van der Waals surface area contributed by atoms with Crippen molar-refractivity contribution in [2.24, 2.45) is 4.99 Å². The first-order chi connectivity index (χ1) is 16.4. The highest BCUT2D eigenvalue weighted by Gasteiger charge is 2.31. The summed E-state index contributed by atoms with van der Waals surface area (Å²) in [5, 5.41) is 5.07. The van der Waals surface area contributed by atoms with E-state index in [1.54, 1.807) is 31.2 Å². The number of rotatable bonds is 7. The Labute approximate surface area is 207 Å². The van der Waals surface area contributed by atoms with Gasteiger partial charge in [0.25, 0.3) is 5.91 Å². The average molecular weight is 497 g/mol. The van der Waals surface area contributed by atoms with Crippen LogP contribution in [0.3, 0.4) is 0 Å². The summed E-state index contributed by atoms with van der Waals surface area (Å²) in [6, 6.07) is 15.0. The van der Waals surface area contributed by atoms with Crippen LogP contribution in [0.25, 0.3) is 17.0 Å². The number of ether oxygens (including phenoxy) is 1. The van der Waals surface area contributed by atoms with E-state index in [9.17, 15) is 9.59 Å². The van der Waals surface area contributed by atoms with Crippen LogP contribution in [0.4, 0.5) is 5.69 Å². The highest BCUT2D eigenvalue weighted by Crippen LogP contribution is 2.36. The van der Waals surface area contributed by atoms with E-state index in [4.69, 9.17) is 16.3 Å². The fourth-order valence-corrected chi connectivity index (χ4v) is 4.84. The topological polar surface area (TPSA) is 75.9 Å². The molecule has 1 aliphatic heterocycles. The number of halogens is 1. The molecule has 0 radical (unpaired) electrons. The molecular formula is C25H25ClN4O3S. The monoisotopic (exact) mass is 496 g/mol. The number of carbonyl (C=O) groups excluding carboxylic acids is 2. The number of benzene rings is 2. The SMILES string of the molecule is COCCNC(=O)Cn1c(C)c(C=C2SC(=Nc3ccc(Cl)cc3)N(C)C2=O)c2ccccc21. The first-order valence-electron chi connectivity index (χ1n) is 10.7. The third-order valence-electron chi connectivity index (χ3n) is 5.54. The molecule has 0 unspecified atom stereocenters. The second-order valence-corrected chi connectivity index (χ2v) is 9.24. The van der Waals surface area contributed by atoms with E-state index in [0.29, 0.717) is 28.2 Å². The second kappa shape index (κ2) is 10.5. The molecule has 1 aromatic heterocycles. The molecule has 3 aromatic rings. The van der Waals surface area contributed by atoms with Crippen molar-refractivity contribution in [3.63, 3.8) is 0 Å². The van der Waals surface area contributed by atoms with Crippen LogP contribution in [-0.2, 0) is 20.9 Å². The Balaban J connectivity index is 1.66. The minimum Gasteiger partial charge on any atom is -0.383 e. The molecule has 0 bridgehead atoms. The Morgan fingerprint density at radius 3 is 2.68 bits per heavy atom. The smallest absolute Gasteiger partial charge is 0.266 e. The van der Waals surface area contributed by atoms with E-state index in [2.05, 4.69) is 10.3 Å². The van der Waals surface area contributed by atoms with Crippen LogP contribution in [0.2, 0.25) is 5.02 Å². The van der Waals surface area contributed by atoms with E-state index in [1.165, 1.54) is 11.8 Å². The summed E-state index contributed by atoms with van der Waals surface area (Å²) >= 11 is 7.29. The number of likely N-dealkylation sites (N-methyl/N-ethyl adjacent to an activating group) is 1. The number of amidine groups is 1. The van der Waals surface area contributed by atoms with Gasteiger partial charge in [-0.05, 0) is 55.1 Å². The highest BCUT2D eigenvalue weighted by atomic mass is 35.5. The minimum atomic E-state index is -0.119. The molecule has 0 aliphatic carbocycles. The van der Waals surface area contributed by atoms with Gasteiger partial charge in [-0.25, -0.2) is 4.99 Å². The molecule has 0 spiro atoms. The molecule has 2 amide bonds. The summed E-state index contributed by atoms with van der Waals surface area (Å²) in [6.45, 7) is 3.06. The number of nitrogens with one attached hydrogen (secondary N) is 1. The first-order valence-corrected chi connectivity index (χ1v) is 11.9. The van der Waals surface area contributed by atoms with E-state index < -0.39 is 0 Å². The van der Waals surface area contributed by atoms with Crippen molar-refractivity contribution in [2.75, 3.05) is 27.3 Å². The molecule has 2 heterocycles. The number of amides is 2. The van der Waals surface area contributed by atoms with Gasteiger partial charge >= 0.3 is 0 Å². The number of hydrogen-bond donors (Lipinski definition) is 1. The van der Waals surface area contributed by atoms with Gasteiger partial charge in [0.2, 0.25) is 5.91 Å². The Morgan fingerprint density at radius 2 is 1.94 bits per heavy atom. The number of thioether (sulfide) groups is 1. The Hall–Kier alpha value is -3.07. The number of aliphatic imine (C=N–C) groups is 1. The fraction of sp³-hybridized carbons (Fsp3) is 0.240. The van der Waals surface area contributed by atoms with Gasteiger partial charge in [-0.3, -0.25) is 14.5 Å². The number of para-hydroxylation sites is 1. The summed E-state index contributed by atoms with van der Waals surface area (Å²) in [6.07, 6.45) is 1.89. The molecule has 1 fully saturated rings. The van der Waals surface area contributed by atoms with Gasteiger partial charge in [0.15, 0.2) is 5.17 Å². The molecule has 2 aromatic carbocycles. The van der Waals surface area contributed by atoms with E-state index in [1.807, 2.05) is 54.0 Å². The molecule has 7 nitrogen and oxygen atoms in total. The lowest BCUT2D eigenvalue weighted by atomic mass is 10.1. The summed E-state index contributed by atoms with van der Waals surface area (Å²) < 4.78 is 6.97. The predicted molar refractivity (Wildman–Crippen MR) is 138 cm³/mol. The zero-order valence-corrected chi connectivity index (χ0v) is 20.7. The number of methoxy groups -OCH3 is 1. The molecule has 1 saturated heterocycles. The van der Waals surface area contributed by atoms with Crippen molar-refractivity contribution in [1.82, 2.24) is 14.8 Å². The first kappa shape index (κ1) is 24.1. The van der Waals surface area contributed by atoms with Gasteiger partial charge in [-0.1, -0.05) is 29.8 Å². The van der Waals surface area contributed by atoms with Gasteiger partial charge in [0, 0.05) is 47.9 Å². The average Bonchev–Trinajstić information content (AvgIpc) is 3.24. The Kier molecular flexibility index (Phi) is 7.41. The second-order valence-electron chi connectivity index (χ2n) is 7.79. The van der Waals surface area contributed by atoms with Crippen LogP contribution in [0.15, 0.2) is 58.4 Å². The molecule has 0 saturated carbocycles. The standard InChI is InChI=1S/C25H25ClN4O3S/c1-16-20(19-6-4-5-7-21(19)30(16)15-23(31)27-12-13-33-3)14-22-24(32)29(2)25(34-22)28-18-10-8-17(26)9-11-18/h4-11,14H,12-13,15H2,1-3H3,(H,27,31). The maximum absolute atomic E-state index is 13.0. The summed E-state index contributed by atoms with van der Waals surface area (Å²) in [4.78, 5) is 32.2. The van der Waals surface area contributed by atoms with Gasteiger partial charge in [0.05, 0.1) is 17.2 Å². The van der Waals surface area contributed by atoms with E-state index in [0.717, 1.165) is 27.8 Å². The quantitative estimate of drug-likeness (QED) is 0.383. The number of fused-ring (bicyclic) bond motifs is 1. The van der Waals surface area contributed by atoms with Crippen molar-refractivity contribution in [3.8, 4) is 0 Å². The van der Waals surface area contributed by atoms with Crippen molar-refractivity contribution < 1.29 is 14.3 Å². The van der Waals surface area contributed by atoms with Gasteiger partial charge < -0.3 is 14.6 Å². The molecule has 34 heavy (non-hydrogen) atoms. The molecule has 9 heteroatoms. The lowest BCUT2D eigenvalue weighted by Gasteiger charge is -2.09. The maximum Gasteiger partial charge on any atom is 0.266 e. The van der Waals surface area contributed by atoms with Crippen molar-refractivity contribution in [1.29, 1.82) is 0 Å². The van der Waals surface area contributed by atoms with Crippen LogP contribution in [-0.4, -0.2) is 53.8 Å². The number of aromatic nitrogens is 1. The molecule has 176 valence electrons. The van der Waals surface area contributed by atoms with Crippen LogP contribution in [0.1, 0.15) is 11.3 Å². The third-order valence-corrected chi connectivity index (χ3v) is 6.85. The van der Waals surface area contributed by atoms with Crippen molar-refractivity contribution >= 4 is 63.0 Å². The highest BCUT2D eigenvalue weighted by molar-refractivity contribution is 8.18. The van der Waals surface area contributed by atoms with Crippen LogP contribution < -0.4 is 5.32 Å². The van der Waals surface area contributed by atoms with Gasteiger partial charge in [-0.15, -0.1) is 0 Å². The summed E-state index contributed by atoms with van der Waals surface area (Å²) in [5.74, 6) is -0.213. The van der Waals surface area contributed by atoms with Crippen LogP contribution in [0, 0.1) is 6.92 Å². The van der Waals surface area contributed by atoms with Gasteiger partial charge in [0.1, 0.15) is 6.54 Å². The minimum absolute atomic E-state index is 0.0939. The number of carbonyl (C=O) groups is 2. The maximum atomic E-state index is 13.0.